The van der Waals surface area contributed by atoms with E-state index in [1.165, 1.54) is 11.3 Å². The topological polar surface area (TPSA) is 85.8 Å². The largest absolute Gasteiger partial charge is 0.321 e. The number of nitrogens with one attached hydrogen (secondary N) is 2. The zero-order chi connectivity index (χ0) is 14.8. The smallest absolute Gasteiger partial charge is 0.268 e. The molecule has 1 amide bonds. The van der Waals surface area contributed by atoms with E-state index in [9.17, 15) is 14.9 Å². The van der Waals surface area contributed by atoms with Crippen LogP contribution in [0.2, 0.25) is 0 Å². The number of carbonyl (C=O) groups excluding carboxylic acids is 1. The molecule has 0 radical (unpaired) electrons. The van der Waals surface area contributed by atoms with Crippen molar-refractivity contribution in [3.05, 3.63) is 62.6 Å². The second-order valence-electron chi connectivity index (χ2n) is 4.29. The number of benzene rings is 1. The Hall–Kier alpha value is -2.91. The van der Waals surface area contributed by atoms with Crippen molar-refractivity contribution in [2.45, 2.75) is 0 Å². The van der Waals surface area contributed by atoms with Gasteiger partial charge in [0.2, 0.25) is 0 Å². The van der Waals surface area contributed by atoms with Crippen LogP contribution in [0.3, 0.4) is 0 Å². The van der Waals surface area contributed by atoms with Gasteiger partial charge in [-0.25, -0.2) is 0 Å². The number of carbonyl (C=O) groups is 1. The standard InChI is InChI=1S/C15H9N3O2S/c16-8-10-13(18-15(20)12-6-3-7-21-12)9-4-1-2-5-11(9)17-14(10)19/h1-7H,(H2,17,18,19,20). The molecule has 0 aliphatic heterocycles. The summed E-state index contributed by atoms with van der Waals surface area (Å²) in [7, 11) is 0. The third kappa shape index (κ3) is 2.30. The minimum atomic E-state index is -0.516. The van der Waals surface area contributed by atoms with Gasteiger partial charge in [0.1, 0.15) is 11.6 Å². The maximum Gasteiger partial charge on any atom is 0.268 e. The highest BCUT2D eigenvalue weighted by Gasteiger charge is 2.16. The molecule has 0 unspecified atom stereocenters. The van der Waals surface area contributed by atoms with E-state index in [1.54, 1.807) is 41.8 Å². The van der Waals surface area contributed by atoms with Crippen LogP contribution >= 0.6 is 11.3 Å². The summed E-state index contributed by atoms with van der Waals surface area (Å²) in [6.45, 7) is 0. The van der Waals surface area contributed by atoms with Crippen LogP contribution in [-0.2, 0) is 0 Å². The van der Waals surface area contributed by atoms with E-state index >= 15 is 0 Å². The number of aromatic nitrogens is 1. The average Bonchev–Trinajstić information content (AvgIpc) is 3.01. The van der Waals surface area contributed by atoms with Gasteiger partial charge >= 0.3 is 0 Å². The van der Waals surface area contributed by atoms with Crippen LogP contribution < -0.4 is 10.9 Å². The van der Waals surface area contributed by atoms with Crippen molar-refractivity contribution >= 4 is 33.8 Å². The van der Waals surface area contributed by atoms with Crippen LogP contribution in [0.25, 0.3) is 10.9 Å². The van der Waals surface area contributed by atoms with E-state index in [0.29, 0.717) is 15.8 Å². The Morgan fingerprint density at radius 2 is 2.05 bits per heavy atom. The molecule has 2 N–H and O–H groups in total. The number of para-hydroxylation sites is 1. The molecule has 2 aromatic heterocycles. The first-order valence-electron chi connectivity index (χ1n) is 6.10. The van der Waals surface area contributed by atoms with Gasteiger partial charge in [-0.15, -0.1) is 11.3 Å². The SMILES string of the molecule is N#Cc1c(NC(=O)c2cccs2)c2ccccc2[nH]c1=O. The number of pyridine rings is 1. The lowest BCUT2D eigenvalue weighted by molar-refractivity contribution is 0.103. The number of H-pyrrole nitrogens is 1. The summed E-state index contributed by atoms with van der Waals surface area (Å²) in [6, 6.07) is 12.3. The molecule has 0 aliphatic rings. The van der Waals surface area contributed by atoms with Crippen molar-refractivity contribution in [3.63, 3.8) is 0 Å². The summed E-state index contributed by atoms with van der Waals surface area (Å²) >= 11 is 1.29. The van der Waals surface area contributed by atoms with Crippen molar-refractivity contribution in [3.8, 4) is 6.07 Å². The van der Waals surface area contributed by atoms with Gasteiger partial charge < -0.3 is 10.3 Å². The number of nitriles is 1. The second kappa shape index (κ2) is 5.23. The summed E-state index contributed by atoms with van der Waals surface area (Å²) in [4.78, 5) is 27.3. The Bertz CT molecular complexity index is 920. The van der Waals surface area contributed by atoms with Crippen LogP contribution in [0.5, 0.6) is 0 Å². The molecule has 0 bridgehead atoms. The van der Waals surface area contributed by atoms with Crippen LogP contribution in [-0.4, -0.2) is 10.9 Å². The summed E-state index contributed by atoms with van der Waals surface area (Å²) in [5.41, 5.74) is 0.203. The first-order chi connectivity index (χ1) is 10.2. The fraction of sp³-hybridized carbons (Fsp3) is 0. The average molecular weight is 295 g/mol. The summed E-state index contributed by atoms with van der Waals surface area (Å²) in [5, 5.41) is 14.3. The van der Waals surface area contributed by atoms with Gasteiger partial charge in [0.15, 0.2) is 0 Å². The van der Waals surface area contributed by atoms with Crippen LogP contribution in [0, 0.1) is 11.3 Å². The minimum Gasteiger partial charge on any atom is -0.321 e. The quantitative estimate of drug-likeness (QED) is 0.762. The van der Waals surface area contributed by atoms with Crippen molar-refractivity contribution in [1.82, 2.24) is 4.98 Å². The number of hydrogen-bond donors (Lipinski definition) is 2. The predicted molar refractivity (Wildman–Crippen MR) is 81.6 cm³/mol. The second-order valence-corrected chi connectivity index (χ2v) is 5.24. The van der Waals surface area contributed by atoms with E-state index in [0.717, 1.165) is 0 Å². The maximum absolute atomic E-state index is 12.2. The molecule has 2 heterocycles. The van der Waals surface area contributed by atoms with Crippen LogP contribution in [0.1, 0.15) is 15.2 Å². The molecule has 3 rings (SSSR count). The fourth-order valence-electron chi connectivity index (χ4n) is 2.06. The van der Waals surface area contributed by atoms with Gasteiger partial charge in [-0.1, -0.05) is 24.3 Å². The van der Waals surface area contributed by atoms with Gasteiger partial charge in [-0.3, -0.25) is 9.59 Å². The number of rotatable bonds is 2. The summed E-state index contributed by atoms with van der Waals surface area (Å²) < 4.78 is 0. The highest BCUT2D eigenvalue weighted by atomic mass is 32.1. The molecule has 0 fully saturated rings. The Kier molecular flexibility index (Phi) is 3.26. The monoisotopic (exact) mass is 295 g/mol. The molecule has 0 atom stereocenters. The van der Waals surface area contributed by atoms with E-state index in [2.05, 4.69) is 10.3 Å². The van der Waals surface area contributed by atoms with E-state index in [-0.39, 0.29) is 17.2 Å². The number of anilines is 1. The van der Waals surface area contributed by atoms with Crippen molar-refractivity contribution < 1.29 is 4.79 Å². The van der Waals surface area contributed by atoms with Gasteiger partial charge in [-0.2, -0.15) is 5.26 Å². The van der Waals surface area contributed by atoms with Crippen molar-refractivity contribution in [2.75, 3.05) is 5.32 Å². The van der Waals surface area contributed by atoms with E-state index in [4.69, 9.17) is 0 Å². The van der Waals surface area contributed by atoms with Crippen molar-refractivity contribution in [1.29, 1.82) is 5.26 Å². The predicted octanol–water partition coefficient (Wildman–Crippen LogP) is 2.71. The van der Waals surface area contributed by atoms with Crippen LogP contribution in [0.4, 0.5) is 5.69 Å². The molecule has 0 aliphatic carbocycles. The van der Waals surface area contributed by atoms with Gasteiger partial charge in [0, 0.05) is 5.39 Å². The molecule has 1 aromatic carbocycles. The van der Waals surface area contributed by atoms with E-state index in [1.807, 2.05) is 6.07 Å². The third-order valence-electron chi connectivity index (χ3n) is 3.02. The molecular weight excluding hydrogens is 286 g/mol. The molecule has 3 aromatic rings. The fourth-order valence-corrected chi connectivity index (χ4v) is 2.68. The Morgan fingerprint density at radius 3 is 2.76 bits per heavy atom. The van der Waals surface area contributed by atoms with Gasteiger partial charge in [-0.05, 0) is 17.5 Å². The van der Waals surface area contributed by atoms with Gasteiger partial charge in [0.25, 0.3) is 11.5 Å². The van der Waals surface area contributed by atoms with Gasteiger partial charge in [0.05, 0.1) is 16.1 Å². The highest BCUT2D eigenvalue weighted by molar-refractivity contribution is 7.12. The number of amides is 1. The highest BCUT2D eigenvalue weighted by Crippen LogP contribution is 2.24. The Balaban J connectivity index is 2.19. The van der Waals surface area contributed by atoms with Crippen LogP contribution in [0.15, 0.2) is 46.6 Å². The van der Waals surface area contributed by atoms with E-state index < -0.39 is 5.56 Å². The zero-order valence-electron chi connectivity index (χ0n) is 10.7. The number of aromatic amines is 1. The lowest BCUT2D eigenvalue weighted by Gasteiger charge is -2.09. The summed E-state index contributed by atoms with van der Waals surface area (Å²) in [6.07, 6.45) is 0. The normalized spacial score (nSPS) is 10.2. The molecule has 5 nitrogen and oxygen atoms in total. The maximum atomic E-state index is 12.2. The lowest BCUT2D eigenvalue weighted by Crippen LogP contribution is -2.18. The zero-order valence-corrected chi connectivity index (χ0v) is 11.5. The minimum absolute atomic E-state index is 0.0985. The third-order valence-corrected chi connectivity index (χ3v) is 3.89. The Morgan fingerprint density at radius 1 is 1.24 bits per heavy atom. The number of nitrogens with zero attached hydrogens (tertiary/aromatic N) is 1. The molecule has 102 valence electrons. The molecule has 6 heteroatoms. The first-order valence-corrected chi connectivity index (χ1v) is 6.98. The first kappa shape index (κ1) is 13.1. The number of hydrogen-bond acceptors (Lipinski definition) is 4. The molecular formula is C15H9N3O2S. The van der Waals surface area contributed by atoms with Crippen molar-refractivity contribution in [2.24, 2.45) is 0 Å². The summed E-state index contributed by atoms with van der Waals surface area (Å²) in [5.74, 6) is -0.336. The Labute approximate surface area is 123 Å². The molecule has 0 spiro atoms. The number of thiophene rings is 1. The molecule has 0 saturated carbocycles. The lowest BCUT2D eigenvalue weighted by atomic mass is 10.1. The molecule has 21 heavy (non-hydrogen) atoms. The molecule has 0 saturated heterocycles. The number of fused-ring (bicyclic) bond motifs is 1.